The number of hydrogen-bond acceptors (Lipinski definition) is 6. The highest BCUT2D eigenvalue weighted by Crippen LogP contribution is 2.37. The van der Waals surface area contributed by atoms with Gasteiger partial charge < -0.3 is 32.1 Å². The molecule has 2 fully saturated rings. The zero-order valence-corrected chi connectivity index (χ0v) is 16.8. The molecular weight excluding hydrogens is 382 g/mol. The fourth-order valence-corrected chi connectivity index (χ4v) is 3.78. The van der Waals surface area contributed by atoms with E-state index in [1.165, 1.54) is 0 Å². The highest BCUT2D eigenvalue weighted by atomic mass is 16.3. The van der Waals surface area contributed by atoms with Crippen LogP contribution in [0.4, 0.5) is 5.69 Å². The van der Waals surface area contributed by atoms with Crippen molar-refractivity contribution in [3.05, 3.63) is 53.6 Å². The lowest BCUT2D eigenvalue weighted by Gasteiger charge is -2.35. The van der Waals surface area contributed by atoms with Gasteiger partial charge >= 0.3 is 0 Å². The summed E-state index contributed by atoms with van der Waals surface area (Å²) in [5, 5.41) is 9.99. The number of nitrogens with zero attached hydrogens (tertiary/aromatic N) is 2. The van der Waals surface area contributed by atoms with Gasteiger partial charge in [0.1, 0.15) is 5.60 Å². The van der Waals surface area contributed by atoms with Gasteiger partial charge in [0.05, 0.1) is 6.17 Å². The van der Waals surface area contributed by atoms with Gasteiger partial charge in [0.15, 0.2) is 0 Å². The summed E-state index contributed by atoms with van der Waals surface area (Å²) in [5.74, 6) is -0.275. The molecule has 0 aromatic heterocycles. The number of piperazine rings is 1. The highest BCUT2D eigenvalue weighted by molar-refractivity contribution is 5.95. The first kappa shape index (κ1) is 20.3. The minimum Gasteiger partial charge on any atom is -0.398 e. The van der Waals surface area contributed by atoms with Crippen LogP contribution >= 0.6 is 0 Å². The number of nitrogen functional groups attached to an aromatic ring is 1. The maximum absolute atomic E-state index is 12.8. The van der Waals surface area contributed by atoms with Gasteiger partial charge in [-0.1, -0.05) is 24.3 Å². The fourth-order valence-electron chi connectivity index (χ4n) is 3.78. The first-order valence-corrected chi connectivity index (χ1v) is 10.1. The molecule has 1 heterocycles. The van der Waals surface area contributed by atoms with Crippen molar-refractivity contribution in [2.24, 2.45) is 11.5 Å². The molecule has 0 spiro atoms. The van der Waals surface area contributed by atoms with Gasteiger partial charge in [-0.2, -0.15) is 0 Å². The molecule has 8 nitrogen and oxygen atoms in total. The molecule has 0 unspecified atom stereocenters. The molecule has 0 bridgehead atoms. The van der Waals surface area contributed by atoms with Crippen molar-refractivity contribution in [1.29, 1.82) is 0 Å². The van der Waals surface area contributed by atoms with Crippen LogP contribution in [0.25, 0.3) is 11.1 Å². The summed E-state index contributed by atoms with van der Waals surface area (Å²) in [6.07, 6.45) is 0.442. The number of nitrogens with two attached hydrogens (primary N) is 3. The minimum atomic E-state index is -1.15. The molecule has 1 aliphatic carbocycles. The maximum Gasteiger partial charge on any atom is 0.254 e. The van der Waals surface area contributed by atoms with Gasteiger partial charge in [-0.05, 0) is 42.2 Å². The Labute approximate surface area is 175 Å². The van der Waals surface area contributed by atoms with Crippen LogP contribution in [0.1, 0.15) is 34.9 Å². The first-order chi connectivity index (χ1) is 14.3. The van der Waals surface area contributed by atoms with E-state index in [-0.39, 0.29) is 11.8 Å². The molecule has 2 aromatic rings. The zero-order chi connectivity index (χ0) is 21.5. The van der Waals surface area contributed by atoms with Crippen molar-refractivity contribution < 1.29 is 14.7 Å². The Balaban J connectivity index is 1.40. The topological polar surface area (TPSA) is 139 Å². The Morgan fingerprint density at radius 1 is 0.900 bits per heavy atom. The lowest BCUT2D eigenvalue weighted by atomic mass is 10.00. The summed E-state index contributed by atoms with van der Waals surface area (Å²) in [4.78, 5) is 28.5. The SMILES string of the molecule is Nc1cc(-c2ccc(C(=O)N3CCN(C(=O)C4(O)CC4)CC3)cc2)ccc1C(N)N. The lowest BCUT2D eigenvalue weighted by Crippen LogP contribution is -2.53. The van der Waals surface area contributed by atoms with E-state index >= 15 is 0 Å². The van der Waals surface area contributed by atoms with Crippen molar-refractivity contribution in [3.63, 3.8) is 0 Å². The van der Waals surface area contributed by atoms with Crippen LogP contribution in [-0.4, -0.2) is 58.5 Å². The summed E-state index contributed by atoms with van der Waals surface area (Å²) in [7, 11) is 0. The van der Waals surface area contributed by atoms with E-state index in [1.807, 2.05) is 30.3 Å². The minimum absolute atomic E-state index is 0.0669. The van der Waals surface area contributed by atoms with Crippen molar-refractivity contribution >= 4 is 17.5 Å². The number of amides is 2. The van der Waals surface area contributed by atoms with E-state index in [9.17, 15) is 14.7 Å². The van der Waals surface area contributed by atoms with Gasteiger partial charge in [-0.3, -0.25) is 9.59 Å². The van der Waals surface area contributed by atoms with Gasteiger partial charge in [0.25, 0.3) is 11.8 Å². The maximum atomic E-state index is 12.8. The Morgan fingerprint density at radius 2 is 1.47 bits per heavy atom. The van der Waals surface area contributed by atoms with Crippen molar-refractivity contribution in [2.75, 3.05) is 31.9 Å². The molecule has 1 saturated heterocycles. The number of rotatable bonds is 4. The van der Waals surface area contributed by atoms with Crippen LogP contribution < -0.4 is 17.2 Å². The lowest BCUT2D eigenvalue weighted by molar-refractivity contribution is -0.143. The summed E-state index contributed by atoms with van der Waals surface area (Å²) < 4.78 is 0. The third kappa shape index (κ3) is 3.89. The summed E-state index contributed by atoms with van der Waals surface area (Å²) in [6.45, 7) is 1.80. The average molecular weight is 409 g/mol. The van der Waals surface area contributed by atoms with E-state index in [0.29, 0.717) is 55.8 Å². The van der Waals surface area contributed by atoms with E-state index in [0.717, 1.165) is 11.1 Å². The fraction of sp³-hybridized carbons (Fsp3) is 0.364. The predicted octanol–water partition coefficient (Wildman–Crippen LogP) is 0.661. The van der Waals surface area contributed by atoms with Crippen LogP contribution in [0.2, 0.25) is 0 Å². The second-order valence-corrected chi connectivity index (χ2v) is 8.06. The molecule has 7 N–H and O–H groups in total. The van der Waals surface area contributed by atoms with Crippen LogP contribution in [0.3, 0.4) is 0 Å². The molecule has 1 aliphatic heterocycles. The van der Waals surface area contributed by atoms with Gasteiger partial charge in [-0.15, -0.1) is 0 Å². The summed E-state index contributed by atoms with van der Waals surface area (Å²) in [6, 6.07) is 12.9. The smallest absolute Gasteiger partial charge is 0.254 e. The number of anilines is 1. The summed E-state index contributed by atoms with van der Waals surface area (Å²) in [5.41, 5.74) is 19.9. The quantitative estimate of drug-likeness (QED) is 0.432. The summed E-state index contributed by atoms with van der Waals surface area (Å²) >= 11 is 0. The Morgan fingerprint density at radius 3 is 2.00 bits per heavy atom. The van der Waals surface area contributed by atoms with Crippen LogP contribution in [0.5, 0.6) is 0 Å². The Bertz CT molecular complexity index is 961. The number of aliphatic hydroxyl groups is 1. The molecule has 4 rings (SSSR count). The highest BCUT2D eigenvalue weighted by Gasteiger charge is 2.50. The molecule has 0 radical (unpaired) electrons. The van der Waals surface area contributed by atoms with Crippen molar-refractivity contribution in [3.8, 4) is 11.1 Å². The average Bonchev–Trinajstić information content (AvgIpc) is 3.51. The molecule has 2 aromatic carbocycles. The van der Waals surface area contributed by atoms with E-state index in [1.54, 1.807) is 21.9 Å². The van der Waals surface area contributed by atoms with Crippen LogP contribution in [-0.2, 0) is 4.79 Å². The molecule has 30 heavy (non-hydrogen) atoms. The second-order valence-electron chi connectivity index (χ2n) is 8.06. The first-order valence-electron chi connectivity index (χ1n) is 10.1. The molecule has 2 aliphatic rings. The van der Waals surface area contributed by atoms with Crippen LogP contribution in [0, 0.1) is 0 Å². The largest absolute Gasteiger partial charge is 0.398 e. The molecule has 1 saturated carbocycles. The molecular formula is C22H27N5O3. The van der Waals surface area contributed by atoms with Crippen molar-refractivity contribution in [1.82, 2.24) is 9.80 Å². The third-order valence-corrected chi connectivity index (χ3v) is 5.89. The van der Waals surface area contributed by atoms with Gasteiger partial charge in [-0.25, -0.2) is 0 Å². The zero-order valence-electron chi connectivity index (χ0n) is 16.8. The molecule has 2 amide bonds. The van der Waals surface area contributed by atoms with E-state index in [2.05, 4.69) is 0 Å². The third-order valence-electron chi connectivity index (χ3n) is 5.89. The Hall–Kier alpha value is -2.94. The monoisotopic (exact) mass is 409 g/mol. The second kappa shape index (κ2) is 7.71. The number of hydrogen-bond donors (Lipinski definition) is 4. The van der Waals surface area contributed by atoms with Crippen LogP contribution in [0.15, 0.2) is 42.5 Å². The van der Waals surface area contributed by atoms with Gasteiger partial charge in [0.2, 0.25) is 0 Å². The standard InChI is InChI=1S/C22H27N5O3/c23-18-13-16(5-6-17(18)19(24)25)14-1-3-15(4-2-14)20(28)26-9-11-27(12-10-26)21(29)22(30)7-8-22/h1-6,13,19,30H,7-12,23-25H2. The normalized spacial score (nSPS) is 17.9. The predicted molar refractivity (Wildman–Crippen MR) is 114 cm³/mol. The van der Waals surface area contributed by atoms with E-state index in [4.69, 9.17) is 17.2 Å². The number of carbonyl (C=O) groups is 2. The van der Waals surface area contributed by atoms with E-state index < -0.39 is 11.8 Å². The Kier molecular flexibility index (Phi) is 5.23. The van der Waals surface area contributed by atoms with Gasteiger partial charge in [0, 0.05) is 43.0 Å². The molecule has 8 heteroatoms. The number of benzene rings is 2. The van der Waals surface area contributed by atoms with Crippen molar-refractivity contribution in [2.45, 2.75) is 24.6 Å². The molecule has 158 valence electrons. The molecule has 0 atom stereocenters. The number of carbonyl (C=O) groups excluding carboxylic acids is 2.